The molecule has 0 aromatic heterocycles. The zero-order valence-electron chi connectivity index (χ0n) is 15.7. The molecule has 1 unspecified atom stereocenters. The largest absolute Gasteiger partial charge is 0.322 e. The number of fused-ring (bicyclic) bond motifs is 1. The predicted octanol–water partition coefficient (Wildman–Crippen LogP) is 2.09. The van der Waals surface area contributed by atoms with Gasteiger partial charge in [0.25, 0.3) is 5.91 Å². The molecule has 0 radical (unpaired) electrons. The molecule has 2 aliphatic rings. The Labute approximate surface area is 177 Å². The molecule has 0 spiro atoms. The second-order valence-corrected chi connectivity index (χ2v) is 7.42. The molecule has 1 saturated heterocycles. The third kappa shape index (κ3) is 4.04. The van der Waals surface area contributed by atoms with Crippen LogP contribution >= 0.6 is 11.6 Å². The molecule has 150 valence electrons. The van der Waals surface area contributed by atoms with Crippen molar-refractivity contribution in [1.29, 1.82) is 0 Å². The molecule has 2 aliphatic heterocycles. The highest BCUT2D eigenvalue weighted by molar-refractivity contribution is 6.30. The first-order valence-electron chi connectivity index (χ1n) is 9.27. The molecule has 4 rings (SSSR count). The fourth-order valence-electron chi connectivity index (χ4n) is 3.48. The van der Waals surface area contributed by atoms with Gasteiger partial charge in [-0.3, -0.25) is 24.5 Å². The van der Waals surface area contributed by atoms with Crippen LogP contribution in [0.3, 0.4) is 0 Å². The van der Waals surface area contributed by atoms with E-state index in [2.05, 4.69) is 22.5 Å². The highest BCUT2D eigenvalue weighted by Crippen LogP contribution is 2.29. The molecule has 4 amide bonds. The number of nitrogens with zero attached hydrogens (tertiary/aromatic N) is 1. The second-order valence-electron chi connectivity index (χ2n) is 6.98. The molecule has 1 atom stereocenters. The fourth-order valence-corrected chi connectivity index (χ4v) is 3.60. The minimum atomic E-state index is -0.675. The van der Waals surface area contributed by atoms with Gasteiger partial charge in [0.1, 0.15) is 6.04 Å². The fraction of sp³-hybridized carbons (Fsp3) is 0.182. The highest BCUT2D eigenvalue weighted by Gasteiger charge is 2.39. The predicted molar refractivity (Wildman–Crippen MR) is 109 cm³/mol. The van der Waals surface area contributed by atoms with Crippen LogP contribution in [0.5, 0.6) is 0 Å². The van der Waals surface area contributed by atoms with Gasteiger partial charge in [-0.25, -0.2) is 0 Å². The van der Waals surface area contributed by atoms with Crippen molar-refractivity contribution in [2.45, 2.75) is 25.4 Å². The maximum atomic E-state index is 12.7. The van der Waals surface area contributed by atoms with E-state index in [0.717, 1.165) is 0 Å². The van der Waals surface area contributed by atoms with Crippen molar-refractivity contribution in [2.24, 2.45) is 0 Å². The molecule has 1 fully saturated rings. The van der Waals surface area contributed by atoms with Crippen molar-refractivity contribution in [3.63, 3.8) is 0 Å². The SMILES string of the molecule is O=C(C#Cc1ccc(Cl)cc1)Nc1ccc2c(c1)CN(C1CCC(=O)NC1=O)C2=O. The van der Waals surface area contributed by atoms with E-state index in [1.165, 1.54) is 4.90 Å². The summed E-state index contributed by atoms with van der Waals surface area (Å²) in [6.45, 7) is 0.237. The Kier molecular flexibility index (Phi) is 5.25. The lowest BCUT2D eigenvalue weighted by atomic mass is 10.0. The van der Waals surface area contributed by atoms with Crippen molar-refractivity contribution in [2.75, 3.05) is 5.32 Å². The van der Waals surface area contributed by atoms with Crippen LogP contribution in [0.15, 0.2) is 42.5 Å². The number of anilines is 1. The molecule has 2 heterocycles. The number of piperidine rings is 1. The summed E-state index contributed by atoms with van der Waals surface area (Å²) in [5.41, 5.74) is 2.34. The first-order chi connectivity index (χ1) is 14.4. The Morgan fingerprint density at radius 1 is 1.13 bits per heavy atom. The quantitative estimate of drug-likeness (QED) is 0.573. The van der Waals surface area contributed by atoms with E-state index in [0.29, 0.717) is 33.8 Å². The standard InChI is InChI=1S/C22H16ClN3O4/c23-15-4-1-13(2-5-15)3-9-19(27)24-16-6-7-17-14(11-16)12-26(22(17)30)18-8-10-20(28)25-21(18)29/h1-2,4-7,11,18H,8,10,12H2,(H,24,27)(H,25,28,29). The van der Waals surface area contributed by atoms with Crippen LogP contribution in [0, 0.1) is 11.8 Å². The summed E-state index contributed by atoms with van der Waals surface area (Å²) in [6.07, 6.45) is 0.498. The second kappa shape index (κ2) is 8.01. The number of benzene rings is 2. The molecule has 0 saturated carbocycles. The summed E-state index contributed by atoms with van der Waals surface area (Å²) in [7, 11) is 0. The average molecular weight is 422 g/mol. The third-order valence-electron chi connectivity index (χ3n) is 4.95. The van der Waals surface area contributed by atoms with Gasteiger partial charge in [-0.15, -0.1) is 0 Å². The molecular formula is C22H16ClN3O4. The summed E-state index contributed by atoms with van der Waals surface area (Å²) >= 11 is 5.82. The monoisotopic (exact) mass is 421 g/mol. The Morgan fingerprint density at radius 3 is 2.63 bits per heavy atom. The number of imide groups is 1. The van der Waals surface area contributed by atoms with Crippen molar-refractivity contribution in [3.05, 3.63) is 64.2 Å². The Morgan fingerprint density at radius 2 is 1.90 bits per heavy atom. The molecule has 30 heavy (non-hydrogen) atoms. The number of rotatable bonds is 2. The van der Waals surface area contributed by atoms with Gasteiger partial charge < -0.3 is 10.2 Å². The first-order valence-corrected chi connectivity index (χ1v) is 9.64. The lowest BCUT2D eigenvalue weighted by Crippen LogP contribution is -2.52. The number of carbonyl (C=O) groups is 4. The number of nitrogens with one attached hydrogen (secondary N) is 2. The number of halogens is 1. The van der Waals surface area contributed by atoms with Crippen LogP contribution in [0.2, 0.25) is 5.02 Å². The van der Waals surface area contributed by atoms with Gasteiger partial charge in [0, 0.05) is 40.7 Å². The zero-order chi connectivity index (χ0) is 21.3. The molecule has 7 nitrogen and oxygen atoms in total. The van der Waals surface area contributed by atoms with Crippen molar-refractivity contribution in [1.82, 2.24) is 10.2 Å². The molecule has 0 aliphatic carbocycles. The maximum absolute atomic E-state index is 12.7. The van der Waals surface area contributed by atoms with Crippen molar-refractivity contribution < 1.29 is 19.2 Å². The van der Waals surface area contributed by atoms with E-state index in [1.807, 2.05) is 0 Å². The van der Waals surface area contributed by atoms with Crippen LogP contribution in [-0.4, -0.2) is 34.6 Å². The zero-order valence-corrected chi connectivity index (χ0v) is 16.5. The van der Waals surface area contributed by atoms with Crippen molar-refractivity contribution in [3.8, 4) is 11.8 Å². The van der Waals surface area contributed by atoms with E-state index in [1.54, 1.807) is 42.5 Å². The lowest BCUT2D eigenvalue weighted by molar-refractivity contribution is -0.136. The number of hydrogen-bond acceptors (Lipinski definition) is 4. The molecule has 8 heteroatoms. The van der Waals surface area contributed by atoms with Crippen molar-refractivity contribution >= 4 is 40.9 Å². The van der Waals surface area contributed by atoms with Gasteiger partial charge in [-0.05, 0) is 54.4 Å². The Balaban J connectivity index is 1.45. The van der Waals surface area contributed by atoms with Gasteiger partial charge in [0.2, 0.25) is 11.8 Å². The van der Waals surface area contributed by atoms with Gasteiger partial charge in [-0.2, -0.15) is 0 Å². The molecule has 0 bridgehead atoms. The molecule has 2 aromatic carbocycles. The van der Waals surface area contributed by atoms with Crippen LogP contribution in [0.1, 0.15) is 34.3 Å². The highest BCUT2D eigenvalue weighted by atomic mass is 35.5. The summed E-state index contributed by atoms with van der Waals surface area (Å²) < 4.78 is 0. The average Bonchev–Trinajstić information content (AvgIpc) is 3.03. The minimum Gasteiger partial charge on any atom is -0.322 e. The summed E-state index contributed by atoms with van der Waals surface area (Å²) in [5.74, 6) is 3.72. The molecule has 2 aromatic rings. The van der Waals surface area contributed by atoms with Gasteiger partial charge in [0.15, 0.2) is 0 Å². The smallest absolute Gasteiger partial charge is 0.300 e. The van der Waals surface area contributed by atoms with Gasteiger partial charge in [0.05, 0.1) is 0 Å². The van der Waals surface area contributed by atoms with Crippen LogP contribution in [0.25, 0.3) is 0 Å². The normalized spacial score (nSPS) is 17.7. The Bertz CT molecular complexity index is 1130. The minimum absolute atomic E-state index is 0.199. The van der Waals surface area contributed by atoms with Crippen LogP contribution in [0.4, 0.5) is 5.69 Å². The summed E-state index contributed by atoms with van der Waals surface area (Å²) in [4.78, 5) is 49.7. The van der Waals surface area contributed by atoms with Gasteiger partial charge >= 0.3 is 5.91 Å². The van der Waals surface area contributed by atoms with E-state index < -0.39 is 17.9 Å². The number of hydrogen-bond donors (Lipinski definition) is 2. The van der Waals surface area contributed by atoms with E-state index >= 15 is 0 Å². The summed E-state index contributed by atoms with van der Waals surface area (Å²) in [5, 5.41) is 5.54. The van der Waals surface area contributed by atoms with E-state index in [-0.39, 0.29) is 24.8 Å². The molecular weight excluding hydrogens is 406 g/mol. The van der Waals surface area contributed by atoms with E-state index in [9.17, 15) is 19.2 Å². The Hall–Kier alpha value is -3.63. The van der Waals surface area contributed by atoms with Gasteiger partial charge in [-0.1, -0.05) is 17.5 Å². The van der Waals surface area contributed by atoms with Crippen LogP contribution in [-0.2, 0) is 20.9 Å². The molecule has 2 N–H and O–H groups in total. The lowest BCUT2D eigenvalue weighted by Gasteiger charge is -2.29. The summed E-state index contributed by atoms with van der Waals surface area (Å²) in [6, 6.07) is 11.1. The third-order valence-corrected chi connectivity index (χ3v) is 5.20. The number of carbonyl (C=O) groups excluding carboxylic acids is 4. The first kappa shape index (κ1) is 19.7. The maximum Gasteiger partial charge on any atom is 0.300 e. The van der Waals surface area contributed by atoms with E-state index in [4.69, 9.17) is 11.6 Å². The van der Waals surface area contributed by atoms with Crippen LogP contribution < -0.4 is 10.6 Å². The number of amides is 4. The topological polar surface area (TPSA) is 95.6 Å².